The molecule has 0 bridgehead atoms. The highest BCUT2D eigenvalue weighted by atomic mass is 16.4. The maximum atomic E-state index is 5.75. The van der Waals surface area contributed by atoms with Gasteiger partial charge in [-0.1, -0.05) is 12.0 Å². The Morgan fingerprint density at radius 1 is 1.26 bits per heavy atom. The van der Waals surface area contributed by atoms with Crippen LogP contribution in [0.4, 0.5) is 6.01 Å². The molecule has 1 aliphatic rings. The van der Waals surface area contributed by atoms with Crippen LogP contribution in [-0.4, -0.2) is 28.8 Å². The molecule has 5 nitrogen and oxygen atoms in total. The van der Waals surface area contributed by atoms with Crippen molar-refractivity contribution in [1.29, 1.82) is 0 Å². The quantitative estimate of drug-likeness (QED) is 0.911. The molecule has 1 aromatic heterocycles. The van der Waals surface area contributed by atoms with E-state index in [-0.39, 0.29) is 5.54 Å². The lowest BCUT2D eigenvalue weighted by Crippen LogP contribution is -2.35. The third-order valence-corrected chi connectivity index (χ3v) is 3.51. The molecule has 0 spiro atoms. The molecule has 1 atom stereocenters. The summed E-state index contributed by atoms with van der Waals surface area (Å²) in [6.45, 7) is 11.4. The number of nitrogens with zero attached hydrogens (tertiary/aromatic N) is 3. The highest BCUT2D eigenvalue weighted by Gasteiger charge is 2.19. The van der Waals surface area contributed by atoms with Crippen molar-refractivity contribution in [2.75, 3.05) is 18.0 Å². The van der Waals surface area contributed by atoms with Gasteiger partial charge in [-0.15, -0.1) is 5.10 Å². The van der Waals surface area contributed by atoms with E-state index >= 15 is 0 Å². The molecule has 2 heterocycles. The summed E-state index contributed by atoms with van der Waals surface area (Å²) < 4.78 is 5.75. The van der Waals surface area contributed by atoms with E-state index in [1.54, 1.807) is 0 Å². The van der Waals surface area contributed by atoms with E-state index in [9.17, 15) is 0 Å². The minimum atomic E-state index is 0.0622. The molecule has 1 fully saturated rings. The van der Waals surface area contributed by atoms with Gasteiger partial charge < -0.3 is 14.6 Å². The molecule has 0 saturated carbocycles. The number of aromatic nitrogens is 2. The lowest BCUT2D eigenvalue weighted by molar-refractivity contribution is 0.380. The van der Waals surface area contributed by atoms with Crippen molar-refractivity contribution in [3.63, 3.8) is 0 Å². The largest absolute Gasteiger partial charge is 0.407 e. The second-order valence-electron chi connectivity index (χ2n) is 6.61. The molecule has 0 radical (unpaired) electrons. The molecule has 2 rings (SSSR count). The zero-order chi connectivity index (χ0) is 13.9. The average Bonchev–Trinajstić information content (AvgIpc) is 2.69. The van der Waals surface area contributed by atoms with Gasteiger partial charge in [0.05, 0.1) is 6.54 Å². The molecule has 1 N–H and O–H groups in total. The van der Waals surface area contributed by atoms with Crippen LogP contribution in [0, 0.1) is 5.92 Å². The predicted octanol–water partition coefficient (Wildman–Crippen LogP) is 2.58. The second kappa shape index (κ2) is 5.90. The van der Waals surface area contributed by atoms with E-state index in [1.807, 2.05) is 0 Å². The minimum Gasteiger partial charge on any atom is -0.407 e. The van der Waals surface area contributed by atoms with E-state index < -0.39 is 0 Å². The number of hydrogen-bond donors (Lipinski definition) is 1. The van der Waals surface area contributed by atoms with E-state index in [1.165, 1.54) is 19.3 Å². The van der Waals surface area contributed by atoms with Gasteiger partial charge in [-0.2, -0.15) is 0 Å². The zero-order valence-electron chi connectivity index (χ0n) is 12.6. The fourth-order valence-corrected chi connectivity index (χ4v) is 2.24. The average molecular weight is 266 g/mol. The van der Waals surface area contributed by atoms with Crippen molar-refractivity contribution in [3.05, 3.63) is 5.89 Å². The lowest BCUT2D eigenvalue weighted by Gasteiger charge is -2.19. The standard InChI is InChI=1S/C14H26N4O/c1-11-6-5-8-18(9-7-11)13-17-16-12(19-13)10-15-14(2,3)4/h11,15H,5-10H2,1-4H3. The summed E-state index contributed by atoms with van der Waals surface area (Å²) in [5.74, 6) is 1.47. The predicted molar refractivity (Wildman–Crippen MR) is 76.1 cm³/mol. The molecular weight excluding hydrogens is 240 g/mol. The summed E-state index contributed by atoms with van der Waals surface area (Å²) in [4.78, 5) is 2.22. The lowest BCUT2D eigenvalue weighted by atomic mass is 10.0. The monoisotopic (exact) mass is 266 g/mol. The van der Waals surface area contributed by atoms with Gasteiger partial charge in [0.15, 0.2) is 0 Å². The fourth-order valence-electron chi connectivity index (χ4n) is 2.24. The minimum absolute atomic E-state index is 0.0622. The Balaban J connectivity index is 1.92. The van der Waals surface area contributed by atoms with E-state index in [4.69, 9.17) is 4.42 Å². The molecule has 1 saturated heterocycles. The van der Waals surface area contributed by atoms with Crippen LogP contribution < -0.4 is 10.2 Å². The molecule has 19 heavy (non-hydrogen) atoms. The van der Waals surface area contributed by atoms with Crippen LogP contribution in [0.15, 0.2) is 4.42 Å². The normalized spacial score (nSPS) is 21.5. The van der Waals surface area contributed by atoms with Crippen molar-refractivity contribution in [3.8, 4) is 0 Å². The van der Waals surface area contributed by atoms with Crippen molar-refractivity contribution < 1.29 is 4.42 Å². The van der Waals surface area contributed by atoms with Crippen LogP contribution in [0.3, 0.4) is 0 Å². The Morgan fingerprint density at radius 2 is 2.05 bits per heavy atom. The van der Waals surface area contributed by atoms with Gasteiger partial charge in [0, 0.05) is 18.6 Å². The van der Waals surface area contributed by atoms with E-state index in [2.05, 4.69) is 48.1 Å². The molecule has 0 amide bonds. The topological polar surface area (TPSA) is 54.2 Å². The molecule has 1 aromatic rings. The molecule has 1 aliphatic heterocycles. The van der Waals surface area contributed by atoms with Crippen molar-refractivity contribution in [1.82, 2.24) is 15.5 Å². The smallest absolute Gasteiger partial charge is 0.318 e. The number of hydrogen-bond acceptors (Lipinski definition) is 5. The van der Waals surface area contributed by atoms with Crippen molar-refractivity contribution in [2.24, 2.45) is 5.92 Å². The van der Waals surface area contributed by atoms with Gasteiger partial charge in [-0.25, -0.2) is 0 Å². The zero-order valence-corrected chi connectivity index (χ0v) is 12.6. The summed E-state index contributed by atoms with van der Waals surface area (Å²) in [5, 5.41) is 11.7. The Bertz CT molecular complexity index is 396. The van der Waals surface area contributed by atoms with Gasteiger partial charge in [-0.05, 0) is 46.0 Å². The first-order valence-electron chi connectivity index (χ1n) is 7.26. The van der Waals surface area contributed by atoms with Gasteiger partial charge >= 0.3 is 6.01 Å². The highest BCUT2D eigenvalue weighted by molar-refractivity contribution is 5.24. The third-order valence-electron chi connectivity index (χ3n) is 3.51. The van der Waals surface area contributed by atoms with Gasteiger partial charge in [0.25, 0.3) is 0 Å². The van der Waals surface area contributed by atoms with Crippen molar-refractivity contribution >= 4 is 6.01 Å². The second-order valence-corrected chi connectivity index (χ2v) is 6.61. The van der Waals surface area contributed by atoms with Crippen LogP contribution >= 0.6 is 0 Å². The summed E-state index contributed by atoms with van der Waals surface area (Å²) in [7, 11) is 0. The maximum absolute atomic E-state index is 5.75. The van der Waals surface area contributed by atoms with E-state index in [0.29, 0.717) is 18.5 Å². The number of nitrogens with one attached hydrogen (secondary N) is 1. The maximum Gasteiger partial charge on any atom is 0.318 e. The first kappa shape index (κ1) is 14.3. The first-order valence-corrected chi connectivity index (χ1v) is 7.26. The number of anilines is 1. The van der Waals surface area contributed by atoms with Gasteiger partial charge in [0.2, 0.25) is 5.89 Å². The Kier molecular flexibility index (Phi) is 4.45. The first-order chi connectivity index (χ1) is 8.94. The summed E-state index contributed by atoms with van der Waals surface area (Å²) >= 11 is 0. The Morgan fingerprint density at radius 3 is 2.79 bits per heavy atom. The fraction of sp³-hybridized carbons (Fsp3) is 0.857. The molecular formula is C14H26N4O. The highest BCUT2D eigenvalue weighted by Crippen LogP contribution is 2.21. The number of rotatable bonds is 3. The molecule has 5 heteroatoms. The molecule has 0 aromatic carbocycles. The molecule has 1 unspecified atom stereocenters. The third kappa shape index (κ3) is 4.49. The summed E-state index contributed by atoms with van der Waals surface area (Å²) in [6, 6.07) is 0.680. The van der Waals surface area contributed by atoms with Crippen molar-refractivity contribution in [2.45, 2.75) is 59.0 Å². The van der Waals surface area contributed by atoms with E-state index in [0.717, 1.165) is 19.0 Å². The van der Waals surface area contributed by atoms with Crippen LogP contribution in [-0.2, 0) is 6.54 Å². The van der Waals surface area contributed by atoms with Crippen LogP contribution in [0.1, 0.15) is 52.8 Å². The molecule has 108 valence electrons. The Hall–Kier alpha value is -1.10. The SMILES string of the molecule is CC1CCCN(c2nnc(CNC(C)(C)C)o2)CC1. The summed E-state index contributed by atoms with van der Waals surface area (Å²) in [6.07, 6.45) is 3.71. The molecule has 0 aliphatic carbocycles. The van der Waals surface area contributed by atoms with Crippen LogP contribution in [0.2, 0.25) is 0 Å². The summed E-state index contributed by atoms with van der Waals surface area (Å²) in [5.41, 5.74) is 0.0622. The Labute approximate surface area is 115 Å². The van der Waals surface area contributed by atoms with Crippen LogP contribution in [0.25, 0.3) is 0 Å². The van der Waals surface area contributed by atoms with Crippen LogP contribution in [0.5, 0.6) is 0 Å². The van der Waals surface area contributed by atoms with Gasteiger partial charge in [-0.3, -0.25) is 0 Å². The van der Waals surface area contributed by atoms with Gasteiger partial charge in [0.1, 0.15) is 0 Å².